The lowest BCUT2D eigenvalue weighted by molar-refractivity contribution is -0.157. The SMILES string of the molecule is CCCCC(CC)(CC)C(=O)OCC1CO1. The van der Waals surface area contributed by atoms with Gasteiger partial charge in [-0.2, -0.15) is 0 Å². The van der Waals surface area contributed by atoms with Gasteiger partial charge in [0.05, 0.1) is 12.0 Å². The molecule has 3 nitrogen and oxygen atoms in total. The molecule has 0 radical (unpaired) electrons. The summed E-state index contributed by atoms with van der Waals surface area (Å²) in [4.78, 5) is 12.1. The Morgan fingerprint density at radius 1 is 1.38 bits per heavy atom. The number of unbranched alkanes of at least 4 members (excludes halogenated alkanes) is 1. The fourth-order valence-corrected chi connectivity index (χ4v) is 2.00. The maximum atomic E-state index is 12.1. The van der Waals surface area contributed by atoms with Gasteiger partial charge in [0.15, 0.2) is 0 Å². The van der Waals surface area contributed by atoms with Gasteiger partial charge in [0, 0.05) is 0 Å². The molecule has 0 aromatic rings. The first-order valence-corrected chi connectivity index (χ1v) is 6.47. The summed E-state index contributed by atoms with van der Waals surface area (Å²) >= 11 is 0. The molecule has 1 atom stereocenters. The van der Waals surface area contributed by atoms with E-state index in [2.05, 4.69) is 20.8 Å². The van der Waals surface area contributed by atoms with Gasteiger partial charge < -0.3 is 9.47 Å². The molecule has 3 heteroatoms. The predicted molar refractivity (Wildman–Crippen MR) is 63.2 cm³/mol. The number of esters is 1. The largest absolute Gasteiger partial charge is 0.462 e. The van der Waals surface area contributed by atoms with Crippen molar-refractivity contribution >= 4 is 5.97 Å². The van der Waals surface area contributed by atoms with Crippen LogP contribution >= 0.6 is 0 Å². The van der Waals surface area contributed by atoms with Gasteiger partial charge in [0.25, 0.3) is 0 Å². The minimum atomic E-state index is -0.259. The summed E-state index contributed by atoms with van der Waals surface area (Å²) in [6, 6.07) is 0. The van der Waals surface area contributed by atoms with Crippen molar-refractivity contribution in [1.82, 2.24) is 0 Å². The van der Waals surface area contributed by atoms with Gasteiger partial charge in [-0.3, -0.25) is 4.79 Å². The molecule has 1 unspecified atom stereocenters. The van der Waals surface area contributed by atoms with Crippen molar-refractivity contribution in [2.24, 2.45) is 5.41 Å². The van der Waals surface area contributed by atoms with E-state index in [1.807, 2.05) is 0 Å². The van der Waals surface area contributed by atoms with Gasteiger partial charge in [-0.25, -0.2) is 0 Å². The summed E-state index contributed by atoms with van der Waals surface area (Å²) in [7, 11) is 0. The summed E-state index contributed by atoms with van der Waals surface area (Å²) in [5.74, 6) is -0.0264. The van der Waals surface area contributed by atoms with E-state index >= 15 is 0 Å². The van der Waals surface area contributed by atoms with Crippen molar-refractivity contribution < 1.29 is 14.3 Å². The smallest absolute Gasteiger partial charge is 0.312 e. The first-order valence-electron chi connectivity index (χ1n) is 6.47. The van der Waals surface area contributed by atoms with Crippen LogP contribution in [0.25, 0.3) is 0 Å². The lowest BCUT2D eigenvalue weighted by Gasteiger charge is -2.29. The summed E-state index contributed by atoms with van der Waals surface area (Å²) in [6.07, 6.45) is 5.07. The van der Waals surface area contributed by atoms with E-state index in [0.717, 1.165) is 38.7 Å². The molecule has 0 saturated carbocycles. The first-order chi connectivity index (χ1) is 7.68. The van der Waals surface area contributed by atoms with Crippen LogP contribution in [0.3, 0.4) is 0 Å². The molecule has 0 bridgehead atoms. The Labute approximate surface area is 98.5 Å². The molecule has 0 aromatic heterocycles. The van der Waals surface area contributed by atoms with Crippen LogP contribution < -0.4 is 0 Å². The Morgan fingerprint density at radius 2 is 2.00 bits per heavy atom. The maximum absolute atomic E-state index is 12.1. The van der Waals surface area contributed by atoms with E-state index < -0.39 is 0 Å². The summed E-state index contributed by atoms with van der Waals surface area (Å²) in [6.45, 7) is 7.49. The quantitative estimate of drug-likeness (QED) is 0.473. The second-order valence-electron chi connectivity index (χ2n) is 4.64. The average molecular weight is 228 g/mol. The number of carbonyl (C=O) groups excluding carboxylic acids is 1. The van der Waals surface area contributed by atoms with E-state index in [1.165, 1.54) is 0 Å². The average Bonchev–Trinajstić information content (AvgIpc) is 3.12. The number of ether oxygens (including phenoxy) is 2. The van der Waals surface area contributed by atoms with Crippen LogP contribution in [0.1, 0.15) is 52.9 Å². The molecule has 0 spiro atoms. The van der Waals surface area contributed by atoms with Crippen LogP contribution in [0.15, 0.2) is 0 Å². The molecule has 0 aliphatic carbocycles. The number of hydrogen-bond donors (Lipinski definition) is 0. The van der Waals surface area contributed by atoms with Gasteiger partial charge in [0.1, 0.15) is 12.7 Å². The van der Waals surface area contributed by atoms with Crippen molar-refractivity contribution in [2.75, 3.05) is 13.2 Å². The lowest BCUT2D eigenvalue weighted by atomic mass is 9.78. The third-order valence-corrected chi connectivity index (χ3v) is 3.60. The number of carbonyl (C=O) groups is 1. The number of epoxide rings is 1. The zero-order valence-electron chi connectivity index (χ0n) is 10.8. The second kappa shape index (κ2) is 6.24. The highest BCUT2D eigenvalue weighted by atomic mass is 16.6. The Bertz CT molecular complexity index is 217. The standard InChI is InChI=1S/C13H24O3/c1-4-7-8-13(5-2,6-3)12(14)16-10-11-9-15-11/h11H,4-10H2,1-3H3. The summed E-state index contributed by atoms with van der Waals surface area (Å²) in [5, 5.41) is 0. The van der Waals surface area contributed by atoms with Gasteiger partial charge in [-0.1, -0.05) is 33.6 Å². The third kappa shape index (κ3) is 3.48. The minimum Gasteiger partial charge on any atom is -0.462 e. The highest BCUT2D eigenvalue weighted by Crippen LogP contribution is 2.34. The first kappa shape index (κ1) is 13.5. The molecule has 94 valence electrons. The third-order valence-electron chi connectivity index (χ3n) is 3.60. The molecule has 16 heavy (non-hydrogen) atoms. The van der Waals surface area contributed by atoms with E-state index in [-0.39, 0.29) is 17.5 Å². The van der Waals surface area contributed by atoms with Crippen LogP contribution in [0, 0.1) is 5.41 Å². The van der Waals surface area contributed by atoms with Crippen LogP contribution in [-0.2, 0) is 14.3 Å². The van der Waals surface area contributed by atoms with E-state index in [0.29, 0.717) is 6.61 Å². The summed E-state index contributed by atoms with van der Waals surface area (Å²) < 4.78 is 10.4. The zero-order chi connectivity index (χ0) is 12.0. The Morgan fingerprint density at radius 3 is 2.44 bits per heavy atom. The lowest BCUT2D eigenvalue weighted by Crippen LogP contribution is -2.32. The fraction of sp³-hybridized carbons (Fsp3) is 0.923. The van der Waals surface area contributed by atoms with Crippen molar-refractivity contribution in [2.45, 2.75) is 59.0 Å². The predicted octanol–water partition coefficient (Wildman–Crippen LogP) is 2.93. The molecule has 0 N–H and O–H groups in total. The molecule has 1 aliphatic rings. The van der Waals surface area contributed by atoms with Crippen LogP contribution in [0.2, 0.25) is 0 Å². The van der Waals surface area contributed by atoms with Gasteiger partial charge in [0.2, 0.25) is 0 Å². The van der Waals surface area contributed by atoms with Crippen molar-refractivity contribution in [3.8, 4) is 0 Å². The molecule has 1 aliphatic heterocycles. The van der Waals surface area contributed by atoms with Gasteiger partial charge in [-0.15, -0.1) is 0 Å². The van der Waals surface area contributed by atoms with Gasteiger partial charge >= 0.3 is 5.97 Å². The molecule has 1 rings (SSSR count). The summed E-state index contributed by atoms with van der Waals surface area (Å²) in [5.41, 5.74) is -0.259. The van der Waals surface area contributed by atoms with Crippen molar-refractivity contribution in [3.63, 3.8) is 0 Å². The minimum absolute atomic E-state index is 0.0264. The monoisotopic (exact) mass is 228 g/mol. The Kier molecular flexibility index (Phi) is 5.26. The Balaban J connectivity index is 2.46. The second-order valence-corrected chi connectivity index (χ2v) is 4.64. The Hall–Kier alpha value is -0.570. The molecular formula is C13H24O3. The highest BCUT2D eigenvalue weighted by Gasteiger charge is 2.37. The highest BCUT2D eigenvalue weighted by molar-refractivity contribution is 5.76. The zero-order valence-corrected chi connectivity index (χ0v) is 10.8. The molecule has 1 saturated heterocycles. The molecule has 1 fully saturated rings. The van der Waals surface area contributed by atoms with Gasteiger partial charge in [-0.05, 0) is 19.3 Å². The molecule has 0 aromatic carbocycles. The number of hydrogen-bond acceptors (Lipinski definition) is 3. The van der Waals surface area contributed by atoms with E-state index in [1.54, 1.807) is 0 Å². The topological polar surface area (TPSA) is 38.8 Å². The maximum Gasteiger partial charge on any atom is 0.312 e. The van der Waals surface area contributed by atoms with Crippen LogP contribution in [-0.4, -0.2) is 25.3 Å². The molecule has 1 heterocycles. The molecule has 0 amide bonds. The van der Waals surface area contributed by atoms with Crippen LogP contribution in [0.5, 0.6) is 0 Å². The number of rotatable bonds is 8. The fourth-order valence-electron chi connectivity index (χ4n) is 2.00. The van der Waals surface area contributed by atoms with E-state index in [4.69, 9.17) is 9.47 Å². The van der Waals surface area contributed by atoms with Crippen molar-refractivity contribution in [1.29, 1.82) is 0 Å². The normalized spacial score (nSPS) is 19.6. The van der Waals surface area contributed by atoms with Crippen LogP contribution in [0.4, 0.5) is 0 Å². The van der Waals surface area contributed by atoms with Crippen molar-refractivity contribution in [3.05, 3.63) is 0 Å². The molecular weight excluding hydrogens is 204 g/mol. The van der Waals surface area contributed by atoms with E-state index in [9.17, 15) is 4.79 Å².